The van der Waals surface area contributed by atoms with Crippen molar-refractivity contribution in [1.82, 2.24) is 4.98 Å². The van der Waals surface area contributed by atoms with Crippen molar-refractivity contribution in [3.8, 4) is 0 Å². The van der Waals surface area contributed by atoms with Gasteiger partial charge in [-0.2, -0.15) is 0 Å². The summed E-state index contributed by atoms with van der Waals surface area (Å²) in [6.07, 6.45) is 1.89. The Hall–Kier alpha value is -1.54. The number of benzene rings is 1. The van der Waals surface area contributed by atoms with Crippen LogP contribution >= 0.6 is 11.6 Å². The van der Waals surface area contributed by atoms with Gasteiger partial charge in [0.2, 0.25) is 0 Å². The number of nitrogens with one attached hydrogen (secondary N) is 1. The molecule has 0 radical (unpaired) electrons. The molecule has 2 rings (SSSR count). The third-order valence-electron chi connectivity index (χ3n) is 2.66. The van der Waals surface area contributed by atoms with Crippen LogP contribution in [0, 0.1) is 13.8 Å². The lowest BCUT2D eigenvalue weighted by Gasteiger charge is -2.09. The van der Waals surface area contributed by atoms with Crippen LogP contribution in [0.15, 0.2) is 36.5 Å². The molecule has 0 saturated heterocycles. The van der Waals surface area contributed by atoms with E-state index in [4.69, 9.17) is 11.6 Å². The summed E-state index contributed by atoms with van der Waals surface area (Å²) < 4.78 is 0. The first kappa shape index (κ1) is 11.9. The Bertz CT molecular complexity index is 506. The van der Waals surface area contributed by atoms with Crippen molar-refractivity contribution < 1.29 is 0 Å². The standard InChI is InChI=1S/C14H15ClN2/c1-10-3-6-13(15)7-14(10)17-9-12-5-4-11(2)16-8-12/h3-8,17H,9H2,1-2H3. The molecule has 3 heteroatoms. The second-order valence-corrected chi connectivity index (χ2v) is 4.56. The van der Waals surface area contributed by atoms with Gasteiger partial charge in [0.05, 0.1) is 0 Å². The summed E-state index contributed by atoms with van der Waals surface area (Å²) in [6.45, 7) is 4.80. The molecule has 0 spiro atoms. The average Bonchev–Trinajstić information content (AvgIpc) is 2.32. The van der Waals surface area contributed by atoms with Crippen LogP contribution in [0.5, 0.6) is 0 Å². The first-order valence-electron chi connectivity index (χ1n) is 5.57. The Kier molecular flexibility index (Phi) is 3.64. The van der Waals surface area contributed by atoms with Gasteiger partial charge in [-0.25, -0.2) is 0 Å². The van der Waals surface area contributed by atoms with Gasteiger partial charge in [-0.1, -0.05) is 23.7 Å². The zero-order valence-corrected chi connectivity index (χ0v) is 10.8. The molecule has 2 aromatic rings. The van der Waals surface area contributed by atoms with Crippen LogP contribution in [0.1, 0.15) is 16.8 Å². The predicted molar refractivity (Wildman–Crippen MR) is 72.5 cm³/mol. The van der Waals surface area contributed by atoms with Crippen LogP contribution < -0.4 is 5.32 Å². The third kappa shape index (κ3) is 3.21. The summed E-state index contributed by atoms with van der Waals surface area (Å²) in [7, 11) is 0. The van der Waals surface area contributed by atoms with E-state index in [0.717, 1.165) is 28.5 Å². The fourth-order valence-corrected chi connectivity index (χ4v) is 1.76. The van der Waals surface area contributed by atoms with Crippen LogP contribution in [0.4, 0.5) is 5.69 Å². The Morgan fingerprint density at radius 1 is 1.18 bits per heavy atom. The second-order valence-electron chi connectivity index (χ2n) is 4.12. The van der Waals surface area contributed by atoms with Gasteiger partial charge >= 0.3 is 0 Å². The molecule has 0 aliphatic rings. The third-order valence-corrected chi connectivity index (χ3v) is 2.89. The Morgan fingerprint density at radius 3 is 2.71 bits per heavy atom. The minimum atomic E-state index is 0.750. The van der Waals surface area contributed by atoms with Gasteiger partial charge in [0, 0.05) is 29.1 Å². The lowest BCUT2D eigenvalue weighted by molar-refractivity contribution is 1.08. The van der Waals surface area contributed by atoms with Gasteiger partial charge < -0.3 is 5.32 Å². The van der Waals surface area contributed by atoms with E-state index in [1.165, 1.54) is 5.56 Å². The molecule has 0 fully saturated rings. The van der Waals surface area contributed by atoms with Crippen LogP contribution in [-0.4, -0.2) is 4.98 Å². The quantitative estimate of drug-likeness (QED) is 0.887. The number of rotatable bonds is 3. The maximum atomic E-state index is 5.97. The fraction of sp³-hybridized carbons (Fsp3) is 0.214. The zero-order chi connectivity index (χ0) is 12.3. The van der Waals surface area contributed by atoms with Crippen molar-refractivity contribution in [2.45, 2.75) is 20.4 Å². The lowest BCUT2D eigenvalue weighted by atomic mass is 10.2. The molecule has 1 heterocycles. The number of nitrogens with zero attached hydrogens (tertiary/aromatic N) is 1. The van der Waals surface area contributed by atoms with E-state index in [2.05, 4.69) is 23.3 Å². The van der Waals surface area contributed by atoms with Crippen LogP contribution in [0.3, 0.4) is 0 Å². The molecule has 1 aromatic heterocycles. The number of aromatic nitrogens is 1. The van der Waals surface area contributed by atoms with Gasteiger partial charge in [-0.05, 0) is 43.2 Å². The van der Waals surface area contributed by atoms with E-state index < -0.39 is 0 Å². The smallest absolute Gasteiger partial charge is 0.0426 e. The minimum absolute atomic E-state index is 0.750. The number of halogens is 1. The summed E-state index contributed by atoms with van der Waals surface area (Å²) in [5.41, 5.74) is 4.45. The maximum absolute atomic E-state index is 5.97. The van der Waals surface area contributed by atoms with Gasteiger partial charge in [0.25, 0.3) is 0 Å². The van der Waals surface area contributed by atoms with Crippen LogP contribution in [0.25, 0.3) is 0 Å². The molecule has 0 aliphatic heterocycles. The van der Waals surface area contributed by atoms with Crippen molar-refractivity contribution in [1.29, 1.82) is 0 Å². The normalized spacial score (nSPS) is 10.3. The topological polar surface area (TPSA) is 24.9 Å². The van der Waals surface area contributed by atoms with Crippen molar-refractivity contribution >= 4 is 17.3 Å². The fourth-order valence-electron chi connectivity index (χ4n) is 1.58. The van der Waals surface area contributed by atoms with Crippen LogP contribution in [0.2, 0.25) is 5.02 Å². The van der Waals surface area contributed by atoms with Gasteiger partial charge in [0.15, 0.2) is 0 Å². The summed E-state index contributed by atoms with van der Waals surface area (Å²) in [4.78, 5) is 4.27. The molecule has 0 unspecified atom stereocenters. The van der Waals surface area contributed by atoms with Crippen molar-refractivity contribution in [3.63, 3.8) is 0 Å². The maximum Gasteiger partial charge on any atom is 0.0426 e. The highest BCUT2D eigenvalue weighted by molar-refractivity contribution is 6.30. The Balaban J connectivity index is 2.07. The molecule has 2 nitrogen and oxygen atoms in total. The molecule has 88 valence electrons. The van der Waals surface area contributed by atoms with E-state index in [9.17, 15) is 0 Å². The SMILES string of the molecule is Cc1ccc(CNc2cc(Cl)ccc2C)cn1. The average molecular weight is 247 g/mol. The summed E-state index contributed by atoms with van der Waals surface area (Å²) in [6, 6.07) is 9.95. The highest BCUT2D eigenvalue weighted by Gasteiger charge is 1.99. The first-order valence-corrected chi connectivity index (χ1v) is 5.94. The van der Waals surface area contributed by atoms with Crippen molar-refractivity contribution in [3.05, 3.63) is 58.4 Å². The van der Waals surface area contributed by atoms with E-state index in [0.29, 0.717) is 0 Å². The molecule has 1 aromatic carbocycles. The molecule has 1 N–H and O–H groups in total. The van der Waals surface area contributed by atoms with E-state index in [-0.39, 0.29) is 0 Å². The predicted octanol–water partition coefficient (Wildman–Crippen LogP) is 3.96. The summed E-state index contributed by atoms with van der Waals surface area (Å²) >= 11 is 5.97. The minimum Gasteiger partial charge on any atom is -0.381 e. The Labute approximate surface area is 107 Å². The molecule has 0 amide bonds. The number of pyridine rings is 1. The number of anilines is 1. The molecule has 0 aliphatic carbocycles. The van der Waals surface area contributed by atoms with Gasteiger partial charge in [0.1, 0.15) is 0 Å². The summed E-state index contributed by atoms with van der Waals surface area (Å²) in [5.74, 6) is 0. The number of hydrogen-bond acceptors (Lipinski definition) is 2. The first-order chi connectivity index (χ1) is 8.15. The molecule has 0 saturated carbocycles. The molecule has 0 atom stereocenters. The second kappa shape index (κ2) is 5.19. The zero-order valence-electron chi connectivity index (χ0n) is 10.00. The van der Waals surface area contributed by atoms with E-state index in [1.807, 2.05) is 37.4 Å². The number of hydrogen-bond donors (Lipinski definition) is 1. The highest BCUT2D eigenvalue weighted by Crippen LogP contribution is 2.20. The van der Waals surface area contributed by atoms with Crippen molar-refractivity contribution in [2.75, 3.05) is 5.32 Å². The monoisotopic (exact) mass is 246 g/mol. The number of aryl methyl sites for hydroxylation is 2. The highest BCUT2D eigenvalue weighted by atomic mass is 35.5. The van der Waals surface area contributed by atoms with Crippen molar-refractivity contribution in [2.24, 2.45) is 0 Å². The molecular formula is C14H15ClN2. The van der Waals surface area contributed by atoms with Gasteiger partial charge in [-0.3, -0.25) is 4.98 Å². The lowest BCUT2D eigenvalue weighted by Crippen LogP contribution is -2.01. The van der Waals surface area contributed by atoms with Crippen LogP contribution in [-0.2, 0) is 6.54 Å². The largest absolute Gasteiger partial charge is 0.381 e. The van der Waals surface area contributed by atoms with Gasteiger partial charge in [-0.15, -0.1) is 0 Å². The van der Waals surface area contributed by atoms with E-state index >= 15 is 0 Å². The molecule has 0 bridgehead atoms. The molecular weight excluding hydrogens is 232 g/mol. The molecule has 17 heavy (non-hydrogen) atoms. The van der Waals surface area contributed by atoms with E-state index in [1.54, 1.807) is 0 Å². The summed E-state index contributed by atoms with van der Waals surface area (Å²) in [5, 5.41) is 4.12. The Morgan fingerprint density at radius 2 is 2.00 bits per heavy atom.